The fourth-order valence-electron chi connectivity index (χ4n) is 2.12. The number of ether oxygens (including phenoxy) is 2. The summed E-state index contributed by atoms with van der Waals surface area (Å²) >= 11 is 0. The van der Waals surface area contributed by atoms with E-state index in [0.717, 1.165) is 0 Å². The van der Waals surface area contributed by atoms with Crippen LogP contribution in [-0.2, 0) is 4.79 Å². The van der Waals surface area contributed by atoms with E-state index in [0.29, 0.717) is 28.9 Å². The van der Waals surface area contributed by atoms with Crippen LogP contribution in [0.2, 0.25) is 0 Å². The molecule has 1 atom stereocenters. The average molecular weight is 344 g/mol. The van der Waals surface area contributed by atoms with Gasteiger partial charge in [-0.2, -0.15) is 0 Å². The van der Waals surface area contributed by atoms with Crippen molar-refractivity contribution in [1.82, 2.24) is 10.3 Å². The lowest BCUT2D eigenvalue weighted by molar-refractivity contribution is -0.122. The fraction of sp³-hybridized carbons (Fsp3) is 0.278. The number of pyridine rings is 1. The zero-order chi connectivity index (χ0) is 18.1. The van der Waals surface area contributed by atoms with Gasteiger partial charge in [-0.15, -0.1) is 0 Å². The smallest absolute Gasteiger partial charge is 0.223 e. The van der Waals surface area contributed by atoms with Gasteiger partial charge < -0.3 is 19.9 Å². The molecule has 1 aromatic heterocycles. The molecule has 2 rings (SSSR count). The monoisotopic (exact) mass is 344 g/mol. The van der Waals surface area contributed by atoms with Crippen molar-refractivity contribution < 1.29 is 24.2 Å². The molecule has 1 aromatic carbocycles. The quantitative estimate of drug-likeness (QED) is 0.670. The zero-order valence-electron chi connectivity index (χ0n) is 13.8. The van der Waals surface area contributed by atoms with Crippen molar-refractivity contribution >= 4 is 12.2 Å². The first-order valence-electron chi connectivity index (χ1n) is 7.74. The first kappa shape index (κ1) is 18.4. The molecule has 0 aliphatic carbocycles. The van der Waals surface area contributed by atoms with Gasteiger partial charge in [0.1, 0.15) is 6.29 Å². The molecule has 0 saturated carbocycles. The molecule has 132 valence electrons. The summed E-state index contributed by atoms with van der Waals surface area (Å²) in [6.45, 7) is 0.244. The summed E-state index contributed by atoms with van der Waals surface area (Å²) in [7, 11) is 1.48. The van der Waals surface area contributed by atoms with Crippen molar-refractivity contribution in [3.8, 4) is 11.5 Å². The van der Waals surface area contributed by atoms with Crippen LogP contribution in [0.3, 0.4) is 0 Å². The van der Waals surface area contributed by atoms with Gasteiger partial charge in [0, 0.05) is 30.1 Å². The minimum atomic E-state index is -0.811. The van der Waals surface area contributed by atoms with Crippen LogP contribution >= 0.6 is 0 Å². The Kier molecular flexibility index (Phi) is 6.91. The third kappa shape index (κ3) is 5.58. The number of benzene rings is 1. The zero-order valence-corrected chi connectivity index (χ0v) is 13.8. The van der Waals surface area contributed by atoms with Crippen molar-refractivity contribution in [2.75, 3.05) is 20.3 Å². The highest BCUT2D eigenvalue weighted by Crippen LogP contribution is 2.27. The number of nitrogens with one attached hydrogen (secondary N) is 1. The second-order valence-electron chi connectivity index (χ2n) is 5.23. The number of carbonyl (C=O) groups excluding carboxylic acids is 2. The van der Waals surface area contributed by atoms with E-state index in [4.69, 9.17) is 9.47 Å². The highest BCUT2D eigenvalue weighted by Gasteiger charge is 2.10. The second kappa shape index (κ2) is 9.39. The summed E-state index contributed by atoms with van der Waals surface area (Å²) in [5.41, 5.74) is 1.12. The lowest BCUT2D eigenvalue weighted by Gasteiger charge is -2.13. The molecule has 0 saturated heterocycles. The number of aliphatic hydroxyl groups is 1. The highest BCUT2D eigenvalue weighted by molar-refractivity contribution is 5.77. The molecule has 2 aromatic rings. The summed E-state index contributed by atoms with van der Waals surface area (Å²) in [4.78, 5) is 26.5. The van der Waals surface area contributed by atoms with E-state index >= 15 is 0 Å². The summed E-state index contributed by atoms with van der Waals surface area (Å²) in [5.74, 6) is 0.639. The number of hydrogen-bond acceptors (Lipinski definition) is 6. The predicted molar refractivity (Wildman–Crippen MR) is 90.7 cm³/mol. The minimum absolute atomic E-state index is 0.0991. The van der Waals surface area contributed by atoms with E-state index in [1.54, 1.807) is 42.7 Å². The highest BCUT2D eigenvalue weighted by atomic mass is 16.5. The molecular formula is C18H20N2O5. The number of amides is 1. The lowest BCUT2D eigenvalue weighted by atomic mass is 10.1. The van der Waals surface area contributed by atoms with E-state index in [-0.39, 0.29) is 25.5 Å². The number of rotatable bonds is 9. The molecule has 0 bridgehead atoms. The van der Waals surface area contributed by atoms with Crippen molar-refractivity contribution in [2.24, 2.45) is 0 Å². The topological polar surface area (TPSA) is 97.8 Å². The largest absolute Gasteiger partial charge is 0.493 e. The van der Waals surface area contributed by atoms with E-state index in [1.807, 2.05) is 0 Å². The Hall–Kier alpha value is -2.93. The predicted octanol–water partition coefficient (Wildman–Crippen LogP) is 1.52. The number of aldehydes is 1. The van der Waals surface area contributed by atoms with Crippen LogP contribution in [0.4, 0.5) is 0 Å². The first-order valence-corrected chi connectivity index (χ1v) is 7.74. The molecule has 1 heterocycles. The van der Waals surface area contributed by atoms with Gasteiger partial charge in [-0.1, -0.05) is 6.07 Å². The number of hydrogen-bond donors (Lipinski definition) is 2. The molecule has 25 heavy (non-hydrogen) atoms. The molecule has 1 unspecified atom stereocenters. The Morgan fingerprint density at radius 1 is 1.36 bits per heavy atom. The van der Waals surface area contributed by atoms with Crippen LogP contribution in [0.15, 0.2) is 42.7 Å². The summed E-state index contributed by atoms with van der Waals surface area (Å²) < 4.78 is 10.7. The third-order valence-corrected chi connectivity index (χ3v) is 3.47. The standard InChI is InChI=1S/C18H20N2O5/c1-24-17-9-13(12-21)4-5-16(17)25-8-6-18(23)20-11-15(22)14-3-2-7-19-10-14/h2-5,7,9-10,12,15,22H,6,8,11H2,1H3,(H,20,23). The first-order chi connectivity index (χ1) is 12.1. The molecule has 7 nitrogen and oxygen atoms in total. The summed E-state index contributed by atoms with van der Waals surface area (Å²) in [6.07, 6.45) is 3.19. The van der Waals surface area contributed by atoms with Crippen LogP contribution in [0.1, 0.15) is 28.4 Å². The Labute approximate surface area is 145 Å². The van der Waals surface area contributed by atoms with Crippen LogP contribution in [-0.4, -0.2) is 42.5 Å². The van der Waals surface area contributed by atoms with Crippen LogP contribution in [0.25, 0.3) is 0 Å². The van der Waals surface area contributed by atoms with Gasteiger partial charge in [0.05, 0.1) is 26.2 Å². The Bertz CT molecular complexity index is 706. The van der Waals surface area contributed by atoms with Gasteiger partial charge in [0.25, 0.3) is 0 Å². The number of methoxy groups -OCH3 is 1. The Morgan fingerprint density at radius 2 is 2.20 bits per heavy atom. The van der Waals surface area contributed by atoms with Crippen molar-refractivity contribution in [3.63, 3.8) is 0 Å². The van der Waals surface area contributed by atoms with Gasteiger partial charge in [-0.3, -0.25) is 14.6 Å². The molecular weight excluding hydrogens is 324 g/mol. The number of carbonyl (C=O) groups is 2. The van der Waals surface area contributed by atoms with E-state index in [9.17, 15) is 14.7 Å². The maximum absolute atomic E-state index is 11.8. The SMILES string of the molecule is COc1cc(C=O)ccc1OCCC(=O)NCC(O)c1cccnc1. The van der Waals surface area contributed by atoms with E-state index < -0.39 is 6.10 Å². The van der Waals surface area contributed by atoms with Crippen molar-refractivity contribution in [1.29, 1.82) is 0 Å². The third-order valence-electron chi connectivity index (χ3n) is 3.47. The van der Waals surface area contributed by atoms with Gasteiger partial charge in [-0.05, 0) is 24.3 Å². The minimum Gasteiger partial charge on any atom is -0.493 e. The Morgan fingerprint density at radius 3 is 2.88 bits per heavy atom. The van der Waals surface area contributed by atoms with Gasteiger partial charge in [-0.25, -0.2) is 0 Å². The number of aliphatic hydroxyl groups excluding tert-OH is 1. The van der Waals surface area contributed by atoms with Crippen LogP contribution in [0, 0.1) is 0 Å². The number of aromatic nitrogens is 1. The van der Waals surface area contributed by atoms with Gasteiger partial charge >= 0.3 is 0 Å². The lowest BCUT2D eigenvalue weighted by Crippen LogP contribution is -2.29. The molecule has 0 radical (unpaired) electrons. The molecule has 0 aliphatic heterocycles. The van der Waals surface area contributed by atoms with E-state index in [2.05, 4.69) is 10.3 Å². The molecule has 0 aliphatic rings. The fourth-order valence-corrected chi connectivity index (χ4v) is 2.12. The molecule has 7 heteroatoms. The normalized spacial score (nSPS) is 11.4. The molecule has 2 N–H and O–H groups in total. The van der Waals surface area contributed by atoms with E-state index in [1.165, 1.54) is 7.11 Å². The Balaban J connectivity index is 1.76. The number of nitrogens with zero attached hydrogens (tertiary/aromatic N) is 1. The maximum atomic E-state index is 11.8. The summed E-state index contributed by atoms with van der Waals surface area (Å²) in [5, 5.41) is 12.6. The second-order valence-corrected chi connectivity index (χ2v) is 5.23. The summed E-state index contributed by atoms with van der Waals surface area (Å²) in [6, 6.07) is 8.24. The molecule has 1 amide bonds. The maximum Gasteiger partial charge on any atom is 0.223 e. The van der Waals surface area contributed by atoms with Crippen molar-refractivity contribution in [3.05, 3.63) is 53.9 Å². The van der Waals surface area contributed by atoms with Crippen LogP contribution < -0.4 is 14.8 Å². The van der Waals surface area contributed by atoms with Gasteiger partial charge in [0.2, 0.25) is 5.91 Å². The van der Waals surface area contributed by atoms with Gasteiger partial charge in [0.15, 0.2) is 11.5 Å². The molecule has 0 fully saturated rings. The average Bonchev–Trinajstić information content (AvgIpc) is 2.66. The van der Waals surface area contributed by atoms with Crippen LogP contribution in [0.5, 0.6) is 11.5 Å². The van der Waals surface area contributed by atoms with Crippen molar-refractivity contribution in [2.45, 2.75) is 12.5 Å². The molecule has 0 spiro atoms.